The van der Waals surface area contributed by atoms with E-state index in [1.54, 1.807) is 0 Å². The van der Waals surface area contributed by atoms with Gasteiger partial charge in [-0.3, -0.25) is 9.59 Å². The average Bonchev–Trinajstić information content (AvgIpc) is 3.30. The molecule has 0 aliphatic carbocycles. The molecule has 0 rings (SSSR count). The smallest absolute Gasteiger partial charge is 0.306 e. The zero-order valence-corrected chi connectivity index (χ0v) is 42.8. The lowest BCUT2D eigenvalue weighted by Gasteiger charge is -2.18. The van der Waals surface area contributed by atoms with E-state index >= 15 is 0 Å². The standard InChI is InChI=1S/C59H106O5/c1-4-7-10-13-16-19-22-25-28-30-32-34-37-40-43-46-49-52-58(60)63-56-57(55-62-54-51-48-45-42-39-36-33-29-26-23-20-17-14-11-8-5-2)64-59(61)53-50-47-44-41-38-35-31-27-24-21-18-15-12-9-6-3/h7,10,16,19,25-26,28-29,32,34,57H,4-6,8-9,11-15,17-18,20-24,27,30-31,33,35-56H2,1-3H3/b10-7-,19-16-,28-25-,29-26-,34-32-. The molecule has 0 amide bonds. The third-order valence-corrected chi connectivity index (χ3v) is 12.0. The van der Waals surface area contributed by atoms with E-state index in [-0.39, 0.29) is 25.2 Å². The van der Waals surface area contributed by atoms with Crippen LogP contribution in [-0.4, -0.2) is 37.9 Å². The maximum Gasteiger partial charge on any atom is 0.306 e. The zero-order chi connectivity index (χ0) is 46.3. The van der Waals surface area contributed by atoms with Gasteiger partial charge >= 0.3 is 11.9 Å². The molecule has 0 aliphatic heterocycles. The molecule has 0 saturated heterocycles. The van der Waals surface area contributed by atoms with Crippen molar-refractivity contribution in [2.45, 2.75) is 284 Å². The lowest BCUT2D eigenvalue weighted by atomic mass is 10.0. The van der Waals surface area contributed by atoms with Crippen molar-refractivity contribution in [3.05, 3.63) is 60.8 Å². The highest BCUT2D eigenvalue weighted by Crippen LogP contribution is 2.15. The Bertz CT molecular complexity index is 1100. The lowest BCUT2D eigenvalue weighted by molar-refractivity contribution is -0.163. The van der Waals surface area contributed by atoms with Gasteiger partial charge in [0.25, 0.3) is 0 Å². The molecule has 0 aromatic rings. The summed E-state index contributed by atoms with van der Waals surface area (Å²) in [5, 5.41) is 0. The second-order valence-corrected chi connectivity index (χ2v) is 18.5. The van der Waals surface area contributed by atoms with E-state index in [1.807, 2.05) is 0 Å². The van der Waals surface area contributed by atoms with Crippen LogP contribution in [0.25, 0.3) is 0 Å². The van der Waals surface area contributed by atoms with Crippen molar-refractivity contribution < 1.29 is 23.8 Å². The van der Waals surface area contributed by atoms with Gasteiger partial charge in [-0.15, -0.1) is 0 Å². The molecule has 64 heavy (non-hydrogen) atoms. The molecule has 0 heterocycles. The number of hydrogen-bond acceptors (Lipinski definition) is 5. The van der Waals surface area contributed by atoms with Crippen molar-refractivity contribution >= 4 is 11.9 Å². The van der Waals surface area contributed by atoms with Gasteiger partial charge < -0.3 is 14.2 Å². The summed E-state index contributed by atoms with van der Waals surface area (Å²) in [4.78, 5) is 25.5. The second kappa shape index (κ2) is 54.9. The van der Waals surface area contributed by atoms with E-state index in [0.717, 1.165) is 83.5 Å². The van der Waals surface area contributed by atoms with Crippen molar-refractivity contribution in [2.24, 2.45) is 0 Å². The van der Waals surface area contributed by atoms with Gasteiger partial charge in [-0.2, -0.15) is 0 Å². The van der Waals surface area contributed by atoms with E-state index in [9.17, 15) is 9.59 Å². The highest BCUT2D eigenvalue weighted by Gasteiger charge is 2.17. The molecule has 0 saturated carbocycles. The quantitative estimate of drug-likeness (QED) is 0.0346. The van der Waals surface area contributed by atoms with Crippen LogP contribution in [0.15, 0.2) is 60.8 Å². The van der Waals surface area contributed by atoms with Gasteiger partial charge in [-0.1, -0.05) is 242 Å². The Hall–Kier alpha value is -2.40. The third-order valence-electron chi connectivity index (χ3n) is 12.0. The van der Waals surface area contributed by atoms with Crippen LogP contribution < -0.4 is 0 Å². The summed E-state index contributed by atoms with van der Waals surface area (Å²) in [5.74, 6) is -0.416. The minimum Gasteiger partial charge on any atom is -0.462 e. The van der Waals surface area contributed by atoms with Crippen LogP contribution in [0, 0.1) is 0 Å². The Morgan fingerprint density at radius 3 is 1.14 bits per heavy atom. The summed E-state index contributed by atoms with van der Waals surface area (Å²) in [7, 11) is 0. The van der Waals surface area contributed by atoms with Crippen LogP contribution >= 0.6 is 0 Å². The number of carbonyl (C=O) groups is 2. The minimum absolute atomic E-state index is 0.0721. The first kappa shape index (κ1) is 61.6. The number of esters is 2. The Labute approximate surface area is 398 Å². The Morgan fingerprint density at radius 2 is 0.703 bits per heavy atom. The molecule has 0 aromatic carbocycles. The lowest BCUT2D eigenvalue weighted by Crippen LogP contribution is -2.30. The van der Waals surface area contributed by atoms with Gasteiger partial charge in [0.05, 0.1) is 6.61 Å². The van der Waals surface area contributed by atoms with Crippen LogP contribution in [0.1, 0.15) is 278 Å². The van der Waals surface area contributed by atoms with E-state index in [4.69, 9.17) is 14.2 Å². The average molecular weight is 895 g/mol. The van der Waals surface area contributed by atoms with Crippen molar-refractivity contribution in [1.82, 2.24) is 0 Å². The van der Waals surface area contributed by atoms with Crippen molar-refractivity contribution in [2.75, 3.05) is 19.8 Å². The third kappa shape index (κ3) is 52.2. The monoisotopic (exact) mass is 895 g/mol. The number of carbonyl (C=O) groups excluding carboxylic acids is 2. The van der Waals surface area contributed by atoms with E-state index < -0.39 is 6.10 Å². The van der Waals surface area contributed by atoms with Crippen LogP contribution in [0.2, 0.25) is 0 Å². The van der Waals surface area contributed by atoms with Crippen molar-refractivity contribution in [3.8, 4) is 0 Å². The van der Waals surface area contributed by atoms with Gasteiger partial charge in [0.1, 0.15) is 6.61 Å². The van der Waals surface area contributed by atoms with Crippen LogP contribution in [0.3, 0.4) is 0 Å². The topological polar surface area (TPSA) is 61.8 Å². The van der Waals surface area contributed by atoms with Gasteiger partial charge in [0, 0.05) is 19.4 Å². The van der Waals surface area contributed by atoms with Crippen LogP contribution in [0.4, 0.5) is 0 Å². The first-order valence-electron chi connectivity index (χ1n) is 27.8. The molecule has 5 nitrogen and oxygen atoms in total. The Morgan fingerprint density at radius 1 is 0.359 bits per heavy atom. The molecule has 5 heteroatoms. The molecule has 1 unspecified atom stereocenters. The van der Waals surface area contributed by atoms with E-state index in [0.29, 0.717) is 19.4 Å². The number of rotatable bonds is 51. The first-order valence-corrected chi connectivity index (χ1v) is 27.8. The molecule has 1 atom stereocenters. The van der Waals surface area contributed by atoms with Crippen molar-refractivity contribution in [3.63, 3.8) is 0 Å². The van der Waals surface area contributed by atoms with Crippen LogP contribution in [-0.2, 0) is 23.8 Å². The summed E-state index contributed by atoms with van der Waals surface area (Å²) < 4.78 is 17.4. The maximum atomic E-state index is 12.8. The summed E-state index contributed by atoms with van der Waals surface area (Å²) >= 11 is 0. The summed E-state index contributed by atoms with van der Waals surface area (Å²) in [6.45, 7) is 7.71. The van der Waals surface area contributed by atoms with Crippen LogP contribution in [0.5, 0.6) is 0 Å². The van der Waals surface area contributed by atoms with Gasteiger partial charge in [0.15, 0.2) is 6.10 Å². The highest BCUT2D eigenvalue weighted by atomic mass is 16.6. The number of unbranched alkanes of at least 4 members (excludes halogenated alkanes) is 30. The Kier molecular flexibility index (Phi) is 52.9. The molecule has 0 aromatic heterocycles. The van der Waals surface area contributed by atoms with Gasteiger partial charge in [0.2, 0.25) is 0 Å². The molecule has 0 radical (unpaired) electrons. The minimum atomic E-state index is -0.548. The fraction of sp³-hybridized carbons (Fsp3) is 0.797. The molecule has 0 aliphatic rings. The zero-order valence-electron chi connectivity index (χ0n) is 42.8. The normalized spacial score (nSPS) is 12.6. The number of hydrogen-bond donors (Lipinski definition) is 0. The summed E-state index contributed by atoms with van der Waals surface area (Å²) in [6, 6.07) is 0. The molecule has 0 spiro atoms. The fourth-order valence-electron chi connectivity index (χ4n) is 7.91. The first-order chi connectivity index (χ1) is 31.6. The molecule has 0 N–H and O–H groups in total. The van der Waals surface area contributed by atoms with Gasteiger partial charge in [-0.25, -0.2) is 0 Å². The molecular weight excluding hydrogens is 789 g/mol. The molecule has 0 bridgehead atoms. The predicted molar refractivity (Wildman–Crippen MR) is 279 cm³/mol. The van der Waals surface area contributed by atoms with E-state index in [1.165, 1.54) is 161 Å². The highest BCUT2D eigenvalue weighted by molar-refractivity contribution is 5.70. The summed E-state index contributed by atoms with van der Waals surface area (Å²) in [6.07, 6.45) is 69.5. The van der Waals surface area contributed by atoms with Crippen molar-refractivity contribution in [1.29, 1.82) is 0 Å². The molecule has 372 valence electrons. The largest absolute Gasteiger partial charge is 0.462 e. The summed E-state index contributed by atoms with van der Waals surface area (Å²) in [5.41, 5.74) is 0. The number of ether oxygens (including phenoxy) is 3. The second-order valence-electron chi connectivity index (χ2n) is 18.5. The van der Waals surface area contributed by atoms with Gasteiger partial charge in [-0.05, 0) is 83.5 Å². The molecule has 0 fully saturated rings. The maximum absolute atomic E-state index is 12.8. The molecular formula is C59H106O5. The SMILES string of the molecule is CC/C=C\C/C=C\C/C=C\C/C=C\CCCCCCC(=O)OCC(COCCCCCCCC/C=C\CCCCCCCC)OC(=O)CCCCCCCCCCCCCCCCC. The number of allylic oxidation sites excluding steroid dienone is 10. The van der Waals surface area contributed by atoms with E-state index in [2.05, 4.69) is 81.5 Å². The Balaban J connectivity index is 4.30. The predicted octanol–water partition coefficient (Wildman–Crippen LogP) is 18.9. The fourth-order valence-corrected chi connectivity index (χ4v) is 7.91.